The number of rotatable bonds is 20. The molecule has 0 atom stereocenters. The molecule has 180 valence electrons. The van der Waals surface area contributed by atoms with Gasteiger partial charge in [0.05, 0.1) is 71.6 Å². The fraction of sp³-hybridized carbons (Fsp3) is 0.565. The molecule has 0 saturated heterocycles. The molecule has 0 radical (unpaired) electrons. The quantitative estimate of drug-likeness (QED) is 0.166. The summed E-state index contributed by atoms with van der Waals surface area (Å²) in [5, 5.41) is 0. The predicted molar refractivity (Wildman–Crippen MR) is 117 cm³/mol. The Hall–Kier alpha value is -2.30. The fourth-order valence-corrected chi connectivity index (χ4v) is 2.15. The second-order valence-corrected chi connectivity index (χ2v) is 6.48. The van der Waals surface area contributed by atoms with Crippen LogP contribution in [0.1, 0.15) is 17.3 Å². The molecule has 0 aliphatic carbocycles. The van der Waals surface area contributed by atoms with Crippen molar-refractivity contribution in [1.82, 2.24) is 0 Å². The third-order valence-electron chi connectivity index (χ3n) is 3.77. The van der Waals surface area contributed by atoms with Crippen molar-refractivity contribution in [2.75, 3.05) is 79.3 Å². The SMILES string of the molecule is C=C(C)C(=O)OCCOCCOCCOCCOCCOCCOC(=O)c1ccccc1. The third-order valence-corrected chi connectivity index (χ3v) is 3.77. The highest BCUT2D eigenvalue weighted by Gasteiger charge is 2.05. The normalized spacial score (nSPS) is 10.7. The van der Waals surface area contributed by atoms with Crippen LogP contribution in [0.3, 0.4) is 0 Å². The summed E-state index contributed by atoms with van der Waals surface area (Å²) in [6.45, 7) is 9.66. The van der Waals surface area contributed by atoms with Crippen LogP contribution in [0, 0.1) is 0 Å². The van der Waals surface area contributed by atoms with E-state index in [1.54, 1.807) is 31.2 Å². The average molecular weight is 455 g/mol. The smallest absolute Gasteiger partial charge is 0.338 e. The van der Waals surface area contributed by atoms with E-state index < -0.39 is 5.97 Å². The summed E-state index contributed by atoms with van der Waals surface area (Å²) < 4.78 is 36.7. The minimum atomic E-state index is -0.416. The highest BCUT2D eigenvalue weighted by molar-refractivity contribution is 5.89. The lowest BCUT2D eigenvalue weighted by molar-refractivity contribution is -0.140. The lowest BCUT2D eigenvalue weighted by atomic mass is 10.2. The topological polar surface area (TPSA) is 98.8 Å². The summed E-state index contributed by atoms with van der Waals surface area (Å²) in [7, 11) is 0. The summed E-state index contributed by atoms with van der Waals surface area (Å²) in [6, 6.07) is 8.82. The van der Waals surface area contributed by atoms with Gasteiger partial charge >= 0.3 is 11.9 Å². The second kappa shape index (κ2) is 19.4. The first-order valence-corrected chi connectivity index (χ1v) is 10.5. The minimum absolute atomic E-state index is 0.196. The molecule has 0 aromatic heterocycles. The number of carbonyl (C=O) groups excluding carboxylic acids is 2. The fourth-order valence-electron chi connectivity index (χ4n) is 2.15. The van der Waals surface area contributed by atoms with E-state index in [0.29, 0.717) is 77.2 Å². The maximum atomic E-state index is 11.7. The van der Waals surface area contributed by atoms with Crippen LogP contribution in [0.15, 0.2) is 42.5 Å². The Morgan fingerprint density at radius 1 is 0.625 bits per heavy atom. The van der Waals surface area contributed by atoms with Crippen LogP contribution in [0.25, 0.3) is 0 Å². The van der Waals surface area contributed by atoms with Crippen LogP contribution in [0.2, 0.25) is 0 Å². The van der Waals surface area contributed by atoms with Gasteiger partial charge in [-0.05, 0) is 19.1 Å². The second-order valence-electron chi connectivity index (χ2n) is 6.48. The number of benzene rings is 1. The van der Waals surface area contributed by atoms with Crippen molar-refractivity contribution in [2.45, 2.75) is 6.92 Å². The molecule has 1 aromatic rings. The van der Waals surface area contributed by atoms with E-state index in [4.69, 9.17) is 33.2 Å². The maximum Gasteiger partial charge on any atom is 0.338 e. The predicted octanol–water partition coefficient (Wildman–Crippen LogP) is 2.05. The number of hydrogen-bond donors (Lipinski definition) is 0. The molecule has 0 spiro atoms. The number of esters is 2. The van der Waals surface area contributed by atoms with Crippen molar-refractivity contribution in [3.05, 3.63) is 48.0 Å². The standard InChI is InChI=1S/C23H34O9/c1-20(2)22(24)31-18-16-29-14-12-27-10-8-26-9-11-28-13-15-30-17-19-32-23(25)21-6-4-3-5-7-21/h3-7H,1,8-19H2,2H3. The average Bonchev–Trinajstić information content (AvgIpc) is 2.80. The minimum Gasteiger partial charge on any atom is -0.460 e. The van der Waals surface area contributed by atoms with E-state index in [1.165, 1.54) is 0 Å². The highest BCUT2D eigenvalue weighted by Crippen LogP contribution is 2.00. The van der Waals surface area contributed by atoms with Crippen LogP contribution < -0.4 is 0 Å². The molecule has 0 bridgehead atoms. The van der Waals surface area contributed by atoms with Gasteiger partial charge in [-0.2, -0.15) is 0 Å². The molecule has 1 aromatic carbocycles. The van der Waals surface area contributed by atoms with E-state index in [2.05, 4.69) is 6.58 Å². The highest BCUT2D eigenvalue weighted by atomic mass is 16.6. The van der Waals surface area contributed by atoms with E-state index >= 15 is 0 Å². The Morgan fingerprint density at radius 3 is 1.41 bits per heavy atom. The Labute approximate surface area is 189 Å². The molecule has 9 nitrogen and oxygen atoms in total. The molecular formula is C23H34O9. The van der Waals surface area contributed by atoms with Gasteiger partial charge in [0.15, 0.2) is 0 Å². The summed E-state index contributed by atoms with van der Waals surface area (Å²) in [5.74, 6) is -0.777. The molecule has 0 fully saturated rings. The first kappa shape index (κ1) is 27.7. The summed E-state index contributed by atoms with van der Waals surface area (Å²) in [4.78, 5) is 22.8. The first-order valence-electron chi connectivity index (χ1n) is 10.5. The van der Waals surface area contributed by atoms with Crippen molar-refractivity contribution >= 4 is 11.9 Å². The lowest BCUT2D eigenvalue weighted by Gasteiger charge is -2.08. The molecule has 0 saturated carbocycles. The van der Waals surface area contributed by atoms with Crippen LogP contribution in [0.5, 0.6) is 0 Å². The molecule has 1 rings (SSSR count). The molecule has 0 N–H and O–H groups in total. The van der Waals surface area contributed by atoms with Crippen LogP contribution in [-0.2, 0) is 38.0 Å². The molecule has 0 aliphatic heterocycles. The molecule has 0 aliphatic rings. The Morgan fingerprint density at radius 2 is 1.00 bits per heavy atom. The lowest BCUT2D eigenvalue weighted by Crippen LogP contribution is -2.15. The van der Waals surface area contributed by atoms with Gasteiger partial charge in [0.25, 0.3) is 0 Å². The van der Waals surface area contributed by atoms with Gasteiger partial charge in [-0.25, -0.2) is 9.59 Å². The van der Waals surface area contributed by atoms with Crippen LogP contribution in [0.4, 0.5) is 0 Å². The van der Waals surface area contributed by atoms with Gasteiger partial charge in [0, 0.05) is 5.57 Å². The molecular weight excluding hydrogens is 420 g/mol. The first-order chi connectivity index (χ1) is 15.6. The van der Waals surface area contributed by atoms with Gasteiger partial charge in [-0.3, -0.25) is 0 Å². The van der Waals surface area contributed by atoms with Crippen molar-refractivity contribution < 1.29 is 42.7 Å². The van der Waals surface area contributed by atoms with Gasteiger partial charge in [-0.15, -0.1) is 0 Å². The molecule has 0 unspecified atom stereocenters. The van der Waals surface area contributed by atoms with Crippen LogP contribution >= 0.6 is 0 Å². The number of carbonyl (C=O) groups is 2. The van der Waals surface area contributed by atoms with Crippen molar-refractivity contribution in [1.29, 1.82) is 0 Å². The summed E-state index contributed by atoms with van der Waals surface area (Å²) >= 11 is 0. The Kier molecular flexibility index (Phi) is 16.8. The number of hydrogen-bond acceptors (Lipinski definition) is 9. The van der Waals surface area contributed by atoms with Gasteiger partial charge in [0.2, 0.25) is 0 Å². The summed E-state index contributed by atoms with van der Waals surface area (Å²) in [6.07, 6.45) is 0. The molecule has 9 heteroatoms. The zero-order valence-electron chi connectivity index (χ0n) is 18.8. The zero-order valence-corrected chi connectivity index (χ0v) is 18.8. The molecule has 0 heterocycles. The summed E-state index contributed by atoms with van der Waals surface area (Å²) in [5.41, 5.74) is 0.888. The molecule has 0 amide bonds. The third kappa shape index (κ3) is 15.5. The largest absolute Gasteiger partial charge is 0.460 e. The van der Waals surface area contributed by atoms with Gasteiger partial charge in [-0.1, -0.05) is 24.8 Å². The monoisotopic (exact) mass is 454 g/mol. The van der Waals surface area contributed by atoms with E-state index in [0.717, 1.165) is 0 Å². The Bertz CT molecular complexity index is 634. The van der Waals surface area contributed by atoms with E-state index in [-0.39, 0.29) is 19.2 Å². The van der Waals surface area contributed by atoms with Gasteiger partial charge < -0.3 is 33.2 Å². The Balaban J connectivity index is 1.74. The van der Waals surface area contributed by atoms with Crippen molar-refractivity contribution in [2.24, 2.45) is 0 Å². The molecule has 32 heavy (non-hydrogen) atoms. The van der Waals surface area contributed by atoms with Gasteiger partial charge in [0.1, 0.15) is 13.2 Å². The zero-order chi connectivity index (χ0) is 23.3. The maximum absolute atomic E-state index is 11.7. The van der Waals surface area contributed by atoms with E-state index in [9.17, 15) is 9.59 Å². The van der Waals surface area contributed by atoms with Crippen molar-refractivity contribution in [3.63, 3.8) is 0 Å². The van der Waals surface area contributed by atoms with Crippen molar-refractivity contribution in [3.8, 4) is 0 Å². The van der Waals surface area contributed by atoms with E-state index in [1.807, 2.05) is 6.07 Å². The van der Waals surface area contributed by atoms with Crippen LogP contribution in [-0.4, -0.2) is 91.2 Å². The number of ether oxygens (including phenoxy) is 7.